The van der Waals surface area contributed by atoms with Gasteiger partial charge in [-0.3, -0.25) is 9.78 Å². The van der Waals surface area contributed by atoms with Crippen molar-refractivity contribution in [3.63, 3.8) is 0 Å². The van der Waals surface area contributed by atoms with Gasteiger partial charge in [-0.1, -0.05) is 18.9 Å². The summed E-state index contributed by atoms with van der Waals surface area (Å²) in [4.78, 5) is 31.7. The summed E-state index contributed by atoms with van der Waals surface area (Å²) in [5.74, 6) is -0.0629. The largest absolute Gasteiger partial charge is 0.449 e. The van der Waals surface area contributed by atoms with E-state index in [-0.39, 0.29) is 17.9 Å². The van der Waals surface area contributed by atoms with Crippen molar-refractivity contribution in [1.82, 2.24) is 9.88 Å². The number of ether oxygens (including phenoxy) is 1. The highest BCUT2D eigenvalue weighted by atomic mass is 32.1. The van der Waals surface area contributed by atoms with Crippen LogP contribution in [0, 0.1) is 17.2 Å². The number of hydrogen-bond acceptors (Lipinski definition) is 6. The van der Waals surface area contributed by atoms with Gasteiger partial charge in [-0.15, -0.1) is 11.3 Å². The summed E-state index contributed by atoms with van der Waals surface area (Å²) in [5.41, 5.74) is 2.39. The minimum atomic E-state index is -0.283. The number of carbonyl (C=O) groups is 2. The predicted octanol–water partition coefficient (Wildman–Crippen LogP) is 4.78. The van der Waals surface area contributed by atoms with Crippen LogP contribution in [0.25, 0.3) is 6.08 Å². The number of hydrogen-bond donors (Lipinski definition) is 1. The molecule has 1 saturated carbocycles. The van der Waals surface area contributed by atoms with E-state index in [4.69, 9.17) is 4.74 Å². The summed E-state index contributed by atoms with van der Waals surface area (Å²) < 4.78 is 5.62. The van der Waals surface area contributed by atoms with Crippen LogP contribution in [0.3, 0.4) is 0 Å². The zero-order chi connectivity index (χ0) is 23.2. The predicted molar refractivity (Wildman–Crippen MR) is 128 cm³/mol. The zero-order valence-corrected chi connectivity index (χ0v) is 19.6. The normalized spacial score (nSPS) is 18.0. The Hall–Kier alpha value is -3.18. The Bertz CT molecular complexity index is 1070. The van der Waals surface area contributed by atoms with Gasteiger partial charge in [0, 0.05) is 36.4 Å². The lowest BCUT2D eigenvalue weighted by Gasteiger charge is -2.26. The van der Waals surface area contributed by atoms with E-state index >= 15 is 0 Å². The second-order valence-electron chi connectivity index (χ2n) is 8.66. The second-order valence-corrected chi connectivity index (χ2v) is 9.77. The van der Waals surface area contributed by atoms with Crippen molar-refractivity contribution < 1.29 is 14.3 Å². The Kier molecular flexibility index (Phi) is 7.40. The van der Waals surface area contributed by atoms with Crippen molar-refractivity contribution in [2.24, 2.45) is 5.92 Å². The molecule has 0 spiro atoms. The molecular formula is C25H28N4O3S. The van der Waals surface area contributed by atoms with Crippen LogP contribution in [-0.4, -0.2) is 41.6 Å². The number of anilines is 1. The van der Waals surface area contributed by atoms with Gasteiger partial charge in [-0.25, -0.2) is 4.79 Å². The number of rotatable bonds is 6. The molecule has 2 aliphatic rings. The molecule has 1 fully saturated rings. The molecule has 2 aromatic rings. The van der Waals surface area contributed by atoms with Crippen LogP contribution in [-0.2, 0) is 22.4 Å². The third-order valence-corrected chi connectivity index (χ3v) is 7.60. The van der Waals surface area contributed by atoms with E-state index in [1.807, 2.05) is 13.1 Å². The first kappa shape index (κ1) is 23.0. The fraction of sp³-hybridized carbons (Fsp3) is 0.440. The summed E-state index contributed by atoms with van der Waals surface area (Å²) in [6.07, 6.45) is 13.0. The van der Waals surface area contributed by atoms with Crippen LogP contribution in [0.15, 0.2) is 30.6 Å². The number of nitriles is 1. The van der Waals surface area contributed by atoms with Crippen LogP contribution in [0.4, 0.5) is 9.80 Å². The first-order chi connectivity index (χ1) is 16.0. The average molecular weight is 465 g/mol. The van der Waals surface area contributed by atoms with Crippen LogP contribution < -0.4 is 5.32 Å². The number of nitrogens with zero attached hydrogens (tertiary/aromatic N) is 3. The number of thiophene rings is 1. The topological polar surface area (TPSA) is 95.3 Å². The number of fused-ring (bicyclic) bond motifs is 1. The number of aromatic nitrogens is 1. The minimum absolute atomic E-state index is 0.220. The molecule has 7 nitrogen and oxygen atoms in total. The van der Waals surface area contributed by atoms with Crippen LogP contribution in [0.2, 0.25) is 0 Å². The molecule has 1 atom stereocenters. The van der Waals surface area contributed by atoms with E-state index in [0.29, 0.717) is 23.2 Å². The first-order valence-electron chi connectivity index (χ1n) is 11.4. The van der Waals surface area contributed by atoms with E-state index in [1.54, 1.807) is 29.4 Å². The molecule has 2 heterocycles. The molecule has 8 heteroatoms. The van der Waals surface area contributed by atoms with Crippen molar-refractivity contribution in [3.05, 3.63) is 52.2 Å². The van der Waals surface area contributed by atoms with Gasteiger partial charge in [0.15, 0.2) is 0 Å². The quantitative estimate of drug-likeness (QED) is 0.621. The number of nitrogens with one attached hydrogen (secondary N) is 1. The molecule has 0 bridgehead atoms. The van der Waals surface area contributed by atoms with Crippen molar-refractivity contribution in [2.45, 2.75) is 51.0 Å². The van der Waals surface area contributed by atoms with E-state index < -0.39 is 0 Å². The van der Waals surface area contributed by atoms with Crippen molar-refractivity contribution in [1.29, 1.82) is 5.26 Å². The maximum absolute atomic E-state index is 12.4. The van der Waals surface area contributed by atoms with Crippen LogP contribution in [0.5, 0.6) is 0 Å². The maximum Gasteiger partial charge on any atom is 0.409 e. The lowest BCUT2D eigenvalue weighted by molar-refractivity contribution is -0.111. The van der Waals surface area contributed by atoms with Gasteiger partial charge in [0.2, 0.25) is 5.91 Å². The Morgan fingerprint density at radius 2 is 2.18 bits per heavy atom. The Morgan fingerprint density at radius 1 is 1.36 bits per heavy atom. The molecule has 172 valence electrons. The molecule has 0 radical (unpaired) electrons. The van der Waals surface area contributed by atoms with E-state index in [1.165, 1.54) is 30.3 Å². The van der Waals surface area contributed by atoms with Gasteiger partial charge in [0.25, 0.3) is 0 Å². The van der Waals surface area contributed by atoms with Crippen molar-refractivity contribution >= 4 is 34.4 Å². The van der Waals surface area contributed by atoms with E-state index in [0.717, 1.165) is 48.1 Å². The highest BCUT2D eigenvalue weighted by Crippen LogP contribution is 2.39. The highest BCUT2D eigenvalue weighted by Gasteiger charge is 2.29. The lowest BCUT2D eigenvalue weighted by Crippen LogP contribution is -2.36. The van der Waals surface area contributed by atoms with E-state index in [2.05, 4.69) is 16.4 Å². The third kappa shape index (κ3) is 5.60. The molecule has 4 rings (SSSR count). The molecule has 33 heavy (non-hydrogen) atoms. The smallest absolute Gasteiger partial charge is 0.409 e. The summed E-state index contributed by atoms with van der Waals surface area (Å²) in [5, 5.41) is 13.1. The van der Waals surface area contributed by atoms with Gasteiger partial charge in [0.05, 0.1) is 12.2 Å². The number of carbonyl (C=O) groups excluding carboxylic acids is 2. The Morgan fingerprint density at radius 3 is 2.91 bits per heavy atom. The van der Waals surface area contributed by atoms with Gasteiger partial charge in [-0.05, 0) is 61.3 Å². The molecule has 2 aliphatic carbocycles. The zero-order valence-electron chi connectivity index (χ0n) is 18.8. The lowest BCUT2D eigenvalue weighted by atomic mass is 9.88. The van der Waals surface area contributed by atoms with Crippen LogP contribution >= 0.6 is 11.3 Å². The van der Waals surface area contributed by atoms with Gasteiger partial charge >= 0.3 is 6.09 Å². The maximum atomic E-state index is 12.4. The molecule has 0 saturated heterocycles. The van der Waals surface area contributed by atoms with Gasteiger partial charge in [0.1, 0.15) is 11.1 Å². The summed E-state index contributed by atoms with van der Waals surface area (Å²) in [6.45, 7) is 0.380. The highest BCUT2D eigenvalue weighted by molar-refractivity contribution is 7.16. The van der Waals surface area contributed by atoms with Crippen molar-refractivity contribution in [3.8, 4) is 6.07 Å². The number of pyridine rings is 1. The average Bonchev–Trinajstić information content (AvgIpc) is 3.49. The molecule has 0 aliphatic heterocycles. The molecule has 2 aromatic heterocycles. The third-order valence-electron chi connectivity index (χ3n) is 6.43. The minimum Gasteiger partial charge on any atom is -0.449 e. The monoisotopic (exact) mass is 464 g/mol. The molecule has 1 N–H and O–H groups in total. The SMILES string of the molecule is CN(C(=O)OCC1CCc2c(sc(NC(=O)/C=C/c3cccnc3)c2C#N)C1)C1CCCC1. The Labute approximate surface area is 198 Å². The number of amides is 2. The first-order valence-corrected chi connectivity index (χ1v) is 12.2. The van der Waals surface area contributed by atoms with E-state index in [9.17, 15) is 14.9 Å². The molecular weight excluding hydrogens is 436 g/mol. The van der Waals surface area contributed by atoms with Gasteiger partial charge < -0.3 is 15.0 Å². The van der Waals surface area contributed by atoms with Gasteiger partial charge in [-0.2, -0.15) is 5.26 Å². The Balaban J connectivity index is 1.35. The molecule has 1 unspecified atom stereocenters. The molecule has 2 amide bonds. The van der Waals surface area contributed by atoms with Crippen molar-refractivity contribution in [2.75, 3.05) is 19.0 Å². The summed E-state index contributed by atoms with van der Waals surface area (Å²) in [7, 11) is 1.83. The van der Waals surface area contributed by atoms with Crippen LogP contribution in [0.1, 0.15) is 53.7 Å². The second kappa shape index (κ2) is 10.6. The standard InChI is InChI=1S/C25H28N4O3S/c1-29(19-6-2-3-7-19)25(31)32-16-18-8-10-20-21(14-26)24(33-22(20)13-18)28-23(30)11-9-17-5-4-12-27-15-17/h4-5,9,11-12,15,18-19H,2-3,6-8,10,13,16H2,1H3,(H,28,30)/b11-9+. The fourth-order valence-corrected chi connectivity index (χ4v) is 5.85. The summed E-state index contributed by atoms with van der Waals surface area (Å²) >= 11 is 1.45. The summed E-state index contributed by atoms with van der Waals surface area (Å²) in [6, 6.07) is 6.22. The molecule has 0 aromatic carbocycles. The fourth-order valence-electron chi connectivity index (χ4n) is 4.53.